The first-order valence-corrected chi connectivity index (χ1v) is 8.48. The molecule has 124 valence electrons. The van der Waals surface area contributed by atoms with Gasteiger partial charge in [0.05, 0.1) is 0 Å². The molecule has 5 nitrogen and oxygen atoms in total. The number of nitrogens with zero attached hydrogens (tertiary/aromatic N) is 2. The molecule has 5 heteroatoms. The van der Waals surface area contributed by atoms with Crippen molar-refractivity contribution in [1.29, 1.82) is 0 Å². The van der Waals surface area contributed by atoms with Crippen molar-refractivity contribution in [2.75, 3.05) is 24.5 Å². The Morgan fingerprint density at radius 1 is 1.26 bits per heavy atom. The molecule has 0 aromatic heterocycles. The Hall–Kier alpha value is -1.88. The number of hydrogen-bond acceptors (Lipinski definition) is 3. The molecule has 0 bridgehead atoms. The molecular formula is C18H25N3O2. The number of anilines is 1. The van der Waals surface area contributed by atoms with E-state index in [1.165, 1.54) is 5.56 Å². The van der Waals surface area contributed by atoms with E-state index in [9.17, 15) is 9.59 Å². The van der Waals surface area contributed by atoms with Gasteiger partial charge in [0, 0.05) is 44.2 Å². The van der Waals surface area contributed by atoms with Gasteiger partial charge in [0.25, 0.3) is 0 Å². The van der Waals surface area contributed by atoms with Crippen molar-refractivity contribution in [1.82, 2.24) is 4.90 Å². The number of hydrogen-bond donors (Lipinski definition) is 1. The minimum atomic E-state index is 0.0921. The van der Waals surface area contributed by atoms with Crippen LogP contribution < -0.4 is 10.6 Å². The molecule has 2 heterocycles. The van der Waals surface area contributed by atoms with Crippen molar-refractivity contribution < 1.29 is 9.59 Å². The molecule has 2 amide bonds. The normalized spacial score (nSPS) is 24.0. The van der Waals surface area contributed by atoms with Gasteiger partial charge in [-0.15, -0.1) is 0 Å². The summed E-state index contributed by atoms with van der Waals surface area (Å²) in [6.07, 6.45) is 2.54. The van der Waals surface area contributed by atoms with Crippen LogP contribution in [0.3, 0.4) is 0 Å². The molecule has 3 rings (SSSR count). The van der Waals surface area contributed by atoms with E-state index in [0.717, 1.165) is 18.7 Å². The van der Waals surface area contributed by atoms with Crippen LogP contribution in [0.5, 0.6) is 0 Å². The maximum atomic E-state index is 12.3. The fourth-order valence-corrected chi connectivity index (χ4v) is 3.48. The molecule has 0 saturated carbocycles. The van der Waals surface area contributed by atoms with Crippen molar-refractivity contribution >= 4 is 17.5 Å². The minimum Gasteiger partial charge on any atom is -0.341 e. The Morgan fingerprint density at radius 3 is 2.78 bits per heavy atom. The van der Waals surface area contributed by atoms with E-state index in [4.69, 9.17) is 5.73 Å². The van der Waals surface area contributed by atoms with Gasteiger partial charge in [0.15, 0.2) is 0 Å². The third-order valence-corrected chi connectivity index (χ3v) is 4.99. The maximum Gasteiger partial charge on any atom is 0.227 e. The minimum absolute atomic E-state index is 0.0921. The number of amides is 2. The summed E-state index contributed by atoms with van der Waals surface area (Å²) in [6.45, 7) is 4.11. The van der Waals surface area contributed by atoms with Crippen LogP contribution in [-0.4, -0.2) is 42.4 Å². The van der Waals surface area contributed by atoms with Crippen LogP contribution >= 0.6 is 0 Å². The molecule has 0 unspecified atom stereocenters. The zero-order valence-corrected chi connectivity index (χ0v) is 13.7. The highest BCUT2D eigenvalue weighted by Gasteiger charge is 2.30. The first-order chi connectivity index (χ1) is 11.1. The average Bonchev–Trinajstić information content (AvgIpc) is 2.89. The Labute approximate surface area is 137 Å². The van der Waals surface area contributed by atoms with Crippen LogP contribution in [0.15, 0.2) is 24.3 Å². The SMILES string of the molecule is C[C@@H]1CN(C(=O)CCCN2C(=O)CCc3ccccc32)C[C@H]1N. The number of carbonyl (C=O) groups excluding carboxylic acids is 2. The number of nitrogens with two attached hydrogens (primary N) is 1. The molecule has 1 aromatic carbocycles. The second-order valence-electron chi connectivity index (χ2n) is 6.72. The van der Waals surface area contributed by atoms with Crippen molar-refractivity contribution in [3.63, 3.8) is 0 Å². The maximum absolute atomic E-state index is 12.3. The predicted octanol–water partition coefficient (Wildman–Crippen LogP) is 1.55. The molecule has 2 aliphatic rings. The molecule has 0 radical (unpaired) electrons. The Morgan fingerprint density at radius 2 is 2.04 bits per heavy atom. The molecule has 2 N–H and O–H groups in total. The summed E-state index contributed by atoms with van der Waals surface area (Å²) in [5.41, 5.74) is 8.20. The number of carbonyl (C=O) groups is 2. The van der Waals surface area contributed by atoms with Gasteiger partial charge in [-0.1, -0.05) is 25.1 Å². The topological polar surface area (TPSA) is 66.6 Å². The summed E-state index contributed by atoms with van der Waals surface area (Å²) >= 11 is 0. The van der Waals surface area contributed by atoms with E-state index in [1.54, 1.807) is 0 Å². The quantitative estimate of drug-likeness (QED) is 0.917. The highest BCUT2D eigenvalue weighted by Crippen LogP contribution is 2.27. The van der Waals surface area contributed by atoms with Crippen molar-refractivity contribution in [2.24, 2.45) is 11.7 Å². The van der Waals surface area contributed by atoms with E-state index >= 15 is 0 Å². The molecule has 2 atom stereocenters. The third-order valence-electron chi connectivity index (χ3n) is 4.99. The van der Waals surface area contributed by atoms with E-state index < -0.39 is 0 Å². The standard InChI is InChI=1S/C18H25N3O2/c1-13-11-20(12-15(13)19)17(22)7-4-10-21-16-6-3-2-5-14(16)8-9-18(21)23/h2-3,5-6,13,15H,4,7-12,19H2,1H3/t13-,15-/m1/s1. The van der Waals surface area contributed by atoms with Gasteiger partial charge < -0.3 is 15.5 Å². The van der Waals surface area contributed by atoms with Crippen molar-refractivity contribution in [2.45, 2.75) is 38.6 Å². The molecule has 23 heavy (non-hydrogen) atoms. The monoisotopic (exact) mass is 315 g/mol. The van der Waals surface area contributed by atoms with Gasteiger partial charge in [-0.25, -0.2) is 0 Å². The second kappa shape index (κ2) is 6.71. The molecule has 1 fully saturated rings. The first kappa shape index (κ1) is 16.0. The van der Waals surface area contributed by atoms with E-state index in [0.29, 0.717) is 38.3 Å². The highest BCUT2D eigenvalue weighted by molar-refractivity contribution is 5.96. The number of aryl methyl sites for hydroxylation is 1. The zero-order chi connectivity index (χ0) is 16.4. The Balaban J connectivity index is 1.55. The highest BCUT2D eigenvalue weighted by atomic mass is 16.2. The van der Waals surface area contributed by atoms with Gasteiger partial charge in [0.2, 0.25) is 11.8 Å². The summed E-state index contributed by atoms with van der Waals surface area (Å²) in [4.78, 5) is 28.2. The van der Waals surface area contributed by atoms with Crippen molar-refractivity contribution in [3.05, 3.63) is 29.8 Å². The van der Waals surface area contributed by atoms with E-state index in [1.807, 2.05) is 28.0 Å². The Bertz CT molecular complexity index is 592. The third kappa shape index (κ3) is 3.39. The summed E-state index contributed by atoms with van der Waals surface area (Å²) in [7, 11) is 0. The van der Waals surface area contributed by atoms with E-state index in [2.05, 4.69) is 13.0 Å². The Kier molecular flexibility index (Phi) is 4.66. The number of rotatable bonds is 4. The lowest BCUT2D eigenvalue weighted by molar-refractivity contribution is -0.130. The van der Waals surface area contributed by atoms with E-state index in [-0.39, 0.29) is 17.9 Å². The molecule has 0 spiro atoms. The summed E-state index contributed by atoms with van der Waals surface area (Å²) in [5, 5.41) is 0. The number of benzene rings is 1. The van der Waals surface area contributed by atoms with Crippen LogP contribution in [0.25, 0.3) is 0 Å². The van der Waals surface area contributed by atoms with Crippen LogP contribution in [0.1, 0.15) is 31.7 Å². The average molecular weight is 315 g/mol. The molecule has 1 saturated heterocycles. The molecule has 0 aliphatic carbocycles. The number of fused-ring (bicyclic) bond motifs is 1. The first-order valence-electron chi connectivity index (χ1n) is 8.48. The molecular weight excluding hydrogens is 290 g/mol. The van der Waals surface area contributed by atoms with Gasteiger partial charge in [-0.05, 0) is 30.4 Å². The lowest BCUT2D eigenvalue weighted by atomic mass is 10.0. The molecule has 1 aromatic rings. The summed E-state index contributed by atoms with van der Waals surface area (Å²) in [6, 6.07) is 8.13. The van der Waals surface area contributed by atoms with Crippen LogP contribution in [0, 0.1) is 5.92 Å². The smallest absolute Gasteiger partial charge is 0.227 e. The number of para-hydroxylation sites is 1. The van der Waals surface area contributed by atoms with Crippen LogP contribution in [0.4, 0.5) is 5.69 Å². The predicted molar refractivity (Wildman–Crippen MR) is 90.1 cm³/mol. The summed E-state index contributed by atoms with van der Waals surface area (Å²) < 4.78 is 0. The van der Waals surface area contributed by atoms with Crippen LogP contribution in [-0.2, 0) is 16.0 Å². The summed E-state index contributed by atoms with van der Waals surface area (Å²) in [5.74, 6) is 0.685. The lowest BCUT2D eigenvalue weighted by Crippen LogP contribution is -2.37. The van der Waals surface area contributed by atoms with Crippen LogP contribution in [0.2, 0.25) is 0 Å². The van der Waals surface area contributed by atoms with Gasteiger partial charge in [0.1, 0.15) is 0 Å². The van der Waals surface area contributed by atoms with Gasteiger partial charge in [-0.2, -0.15) is 0 Å². The fourth-order valence-electron chi connectivity index (χ4n) is 3.48. The molecule has 2 aliphatic heterocycles. The van der Waals surface area contributed by atoms with Gasteiger partial charge >= 0.3 is 0 Å². The van der Waals surface area contributed by atoms with Gasteiger partial charge in [-0.3, -0.25) is 9.59 Å². The number of likely N-dealkylation sites (tertiary alicyclic amines) is 1. The van der Waals surface area contributed by atoms with Crippen molar-refractivity contribution in [3.8, 4) is 0 Å². The zero-order valence-electron chi connectivity index (χ0n) is 13.7. The fraction of sp³-hybridized carbons (Fsp3) is 0.556. The lowest BCUT2D eigenvalue weighted by Gasteiger charge is -2.29. The second-order valence-corrected chi connectivity index (χ2v) is 6.72. The largest absolute Gasteiger partial charge is 0.341 e.